The Balaban J connectivity index is 1.68. The van der Waals surface area contributed by atoms with Gasteiger partial charge in [0.1, 0.15) is 47.0 Å². The molecule has 0 aliphatic carbocycles. The van der Waals surface area contributed by atoms with Crippen molar-refractivity contribution < 1.29 is 90.6 Å². The summed E-state index contributed by atoms with van der Waals surface area (Å²) in [5.74, 6) is -6.94. The highest BCUT2D eigenvalue weighted by Gasteiger charge is 2.45. The molecule has 3 rings (SSSR count). The molecule has 0 saturated carbocycles. The summed E-state index contributed by atoms with van der Waals surface area (Å²) in [7, 11) is 8.38. The number of benzene rings is 1. The van der Waals surface area contributed by atoms with Gasteiger partial charge in [-0.3, -0.25) is 48.1 Å². The second-order valence-corrected chi connectivity index (χ2v) is 31.8. The summed E-state index contributed by atoms with van der Waals surface area (Å²) in [6.45, 7) is 32.4. The number of ether oxygens (including phenoxy) is 8. The number of amides is 9. The van der Waals surface area contributed by atoms with Crippen LogP contribution in [0.1, 0.15) is 181 Å². The van der Waals surface area contributed by atoms with Crippen LogP contribution in [0.4, 0.5) is 4.79 Å². The normalized spacial score (nSPS) is 17.8. The van der Waals surface area contributed by atoms with Crippen LogP contribution in [-0.2, 0) is 92.3 Å². The van der Waals surface area contributed by atoms with E-state index in [0.29, 0.717) is 32.2 Å². The average molecular weight is 1500 g/mol. The minimum absolute atomic E-state index is 0.00260. The van der Waals surface area contributed by atoms with Gasteiger partial charge in [0.15, 0.2) is 0 Å². The van der Waals surface area contributed by atoms with Crippen molar-refractivity contribution in [3.8, 4) is 0 Å². The zero-order valence-corrected chi connectivity index (χ0v) is 67.7. The largest absolute Gasteiger partial charge is 0.460 e. The van der Waals surface area contributed by atoms with Gasteiger partial charge in [-0.15, -0.1) is 0 Å². The first-order valence-electron chi connectivity index (χ1n) is 37.8. The zero-order chi connectivity index (χ0) is 80.0. The minimum atomic E-state index is -1.40. The van der Waals surface area contributed by atoms with Crippen molar-refractivity contribution in [1.82, 2.24) is 51.5 Å². The van der Waals surface area contributed by atoms with E-state index in [0.717, 1.165) is 5.56 Å². The third kappa shape index (κ3) is 31.6. The van der Waals surface area contributed by atoms with Crippen molar-refractivity contribution in [3.05, 3.63) is 35.9 Å². The van der Waals surface area contributed by atoms with Crippen molar-refractivity contribution in [3.63, 3.8) is 0 Å². The number of hydrogen-bond acceptors (Lipinski definition) is 20. The number of nitrogens with one attached hydrogen (secondary N) is 6. The fourth-order valence-corrected chi connectivity index (χ4v) is 13.3. The topological polar surface area (TPSA) is 347 Å². The molecule has 9 amide bonds. The lowest BCUT2D eigenvalue weighted by atomic mass is 9.89. The van der Waals surface area contributed by atoms with Crippen LogP contribution < -0.4 is 31.9 Å². The SMILES string of the molecule is CC[C@H](C)[C@@H]([C@@H](CC(=O)N1CCC[C@H]1[C@H](OC)[C@@H](C)C(=O)N[C@@H](Cc1ccccc1)C(=O)NCCC(C)(C)OC(=O)[C@@H](NC(=O)[C@@H]1CCCN1C(=O)[C@H](CC(=O)OC(C)(C)C)NC(=O)CCOCCOCCOCCNC(=O)OC(C)(C)C)C(C)C)OC)N(C)C(=O)[C@@H](NC(=O)[C@H](C(C)C)N(C)C)C(C)C. The number of hydrogen-bond donors (Lipinski definition) is 6. The van der Waals surface area contributed by atoms with E-state index in [1.807, 2.05) is 90.9 Å². The molecule has 2 saturated heterocycles. The molecule has 6 N–H and O–H groups in total. The van der Waals surface area contributed by atoms with Gasteiger partial charge in [-0.1, -0.05) is 99.1 Å². The van der Waals surface area contributed by atoms with Crippen molar-refractivity contribution in [2.24, 2.45) is 29.6 Å². The smallest absolute Gasteiger partial charge is 0.407 e. The van der Waals surface area contributed by atoms with E-state index in [-0.39, 0.29) is 127 Å². The summed E-state index contributed by atoms with van der Waals surface area (Å²) in [6, 6.07) is 2.07. The summed E-state index contributed by atoms with van der Waals surface area (Å²) in [4.78, 5) is 159. The Morgan fingerprint density at radius 1 is 0.594 bits per heavy atom. The van der Waals surface area contributed by atoms with E-state index in [1.165, 1.54) is 19.1 Å². The molecule has 0 bridgehead atoms. The highest BCUT2D eigenvalue weighted by Crippen LogP contribution is 2.31. The molecule has 2 aliphatic heterocycles. The van der Waals surface area contributed by atoms with Crippen LogP contribution >= 0.6 is 0 Å². The fraction of sp³-hybridized carbons (Fsp3) is 0.779. The van der Waals surface area contributed by atoms with Crippen molar-refractivity contribution in [2.75, 3.05) is 101 Å². The number of alkyl carbamates (subject to hydrolysis) is 1. The van der Waals surface area contributed by atoms with Crippen LogP contribution in [0.15, 0.2) is 30.3 Å². The molecule has 0 radical (unpaired) electrons. The summed E-state index contributed by atoms with van der Waals surface area (Å²) in [5.41, 5.74) is -1.96. The highest BCUT2D eigenvalue weighted by atomic mass is 16.6. The molecule has 1 aromatic rings. The third-order valence-electron chi connectivity index (χ3n) is 18.9. The lowest BCUT2D eigenvalue weighted by Crippen LogP contribution is -2.59. The molecule has 2 heterocycles. The second-order valence-electron chi connectivity index (χ2n) is 31.8. The van der Waals surface area contributed by atoms with Crippen LogP contribution in [0.5, 0.6) is 0 Å². The summed E-state index contributed by atoms with van der Waals surface area (Å²) < 4.78 is 45.5. The van der Waals surface area contributed by atoms with Gasteiger partial charge in [-0.25, -0.2) is 9.59 Å². The Kier molecular flexibility index (Phi) is 39.6. The molecule has 29 heteroatoms. The van der Waals surface area contributed by atoms with E-state index in [1.54, 1.807) is 93.0 Å². The molecule has 0 spiro atoms. The molecule has 106 heavy (non-hydrogen) atoms. The second kappa shape index (κ2) is 45.1. The van der Waals surface area contributed by atoms with Crippen LogP contribution in [0.2, 0.25) is 0 Å². The Morgan fingerprint density at radius 2 is 1.18 bits per heavy atom. The quantitative estimate of drug-likeness (QED) is 0.0266. The van der Waals surface area contributed by atoms with Gasteiger partial charge in [0, 0.05) is 66.7 Å². The van der Waals surface area contributed by atoms with Gasteiger partial charge >= 0.3 is 18.0 Å². The number of esters is 2. The van der Waals surface area contributed by atoms with Crippen LogP contribution in [0, 0.1) is 29.6 Å². The summed E-state index contributed by atoms with van der Waals surface area (Å²) >= 11 is 0. The Hall–Kier alpha value is -7.05. The molecular weight excluding hydrogens is 1370 g/mol. The summed E-state index contributed by atoms with van der Waals surface area (Å²) in [6.07, 6.45) is -0.144. The van der Waals surface area contributed by atoms with Crippen molar-refractivity contribution in [2.45, 2.75) is 259 Å². The molecule has 12 atom stereocenters. The first kappa shape index (κ1) is 93.2. The first-order chi connectivity index (χ1) is 49.6. The van der Waals surface area contributed by atoms with E-state index in [9.17, 15) is 52.7 Å². The molecule has 2 aliphatic rings. The monoisotopic (exact) mass is 1500 g/mol. The molecular formula is C77H132N10O19. The van der Waals surface area contributed by atoms with Gasteiger partial charge in [-0.2, -0.15) is 0 Å². The molecule has 604 valence electrons. The van der Waals surface area contributed by atoms with E-state index < -0.39 is 143 Å². The van der Waals surface area contributed by atoms with Gasteiger partial charge in [0.05, 0.1) is 88.7 Å². The van der Waals surface area contributed by atoms with Gasteiger partial charge < -0.3 is 84.5 Å². The van der Waals surface area contributed by atoms with Crippen LogP contribution in [0.25, 0.3) is 0 Å². The molecule has 29 nitrogen and oxygen atoms in total. The first-order valence-corrected chi connectivity index (χ1v) is 37.8. The average Bonchev–Trinajstić information content (AvgIpc) is 1.43. The lowest BCUT2D eigenvalue weighted by molar-refractivity contribution is -0.162. The van der Waals surface area contributed by atoms with E-state index in [4.69, 9.17) is 37.9 Å². The number of nitrogens with zero attached hydrogens (tertiary/aromatic N) is 4. The third-order valence-corrected chi connectivity index (χ3v) is 18.9. The van der Waals surface area contributed by atoms with Crippen LogP contribution in [0.3, 0.4) is 0 Å². The van der Waals surface area contributed by atoms with Gasteiger partial charge in [0.2, 0.25) is 47.3 Å². The number of methoxy groups -OCH3 is 2. The van der Waals surface area contributed by atoms with E-state index in [2.05, 4.69) is 31.9 Å². The number of rotatable bonds is 45. The lowest BCUT2D eigenvalue weighted by Gasteiger charge is -2.41. The Bertz CT molecular complexity index is 2950. The van der Waals surface area contributed by atoms with Crippen molar-refractivity contribution >= 4 is 65.3 Å². The zero-order valence-electron chi connectivity index (χ0n) is 67.7. The molecule has 0 unspecified atom stereocenters. The number of likely N-dealkylation sites (tertiary alicyclic amines) is 2. The summed E-state index contributed by atoms with van der Waals surface area (Å²) in [5, 5.41) is 17.0. The fourth-order valence-electron chi connectivity index (χ4n) is 13.3. The molecule has 2 fully saturated rings. The van der Waals surface area contributed by atoms with Crippen LogP contribution in [-0.4, -0.2) is 263 Å². The number of carbonyl (C=O) groups is 11. The van der Waals surface area contributed by atoms with E-state index >= 15 is 0 Å². The maximum absolute atomic E-state index is 14.7. The predicted octanol–water partition coefficient (Wildman–Crippen LogP) is 5.50. The maximum Gasteiger partial charge on any atom is 0.407 e. The van der Waals surface area contributed by atoms with Gasteiger partial charge in [-0.05, 0) is 124 Å². The highest BCUT2D eigenvalue weighted by molar-refractivity contribution is 5.96. The predicted molar refractivity (Wildman–Crippen MR) is 400 cm³/mol. The molecule has 0 aromatic heterocycles. The number of likely N-dealkylation sites (N-methyl/N-ethyl adjacent to an activating group) is 2. The number of carbonyl (C=O) groups excluding carboxylic acids is 11. The minimum Gasteiger partial charge on any atom is -0.460 e. The Morgan fingerprint density at radius 3 is 1.74 bits per heavy atom. The Labute approximate surface area is 630 Å². The van der Waals surface area contributed by atoms with Gasteiger partial charge in [0.25, 0.3) is 0 Å². The van der Waals surface area contributed by atoms with Crippen molar-refractivity contribution in [1.29, 1.82) is 0 Å². The molecule has 1 aromatic carbocycles. The maximum atomic E-state index is 14.7. The standard InChI is InChI=1S/C77H132N10O19/c1-23-51(8)65(85(20)72(96)62(48(2)3)82-70(94)64(50(6)7)84(18)19)58(99-21)47-60(89)86-37-27-31-56(86)66(100-22)52(9)67(91)81-54(45-53-29-25-24-26-30-53)68(92)78-35-34-77(16,17)105-73(97)63(49(4)5)83-69(93)57-32-28-38-87(57)71(95)55(46-61(90)104-75(10,11)12)80-59(88)33-39-101-41-43-103-44-42-102-40-36-79-74(98)106-76(13,14)15/h24-26,29-30,48-52,54-58,62-66H,23,27-28,31-47H2,1-22H3,(H,78,92)(H,79,98)(H,80,88)(H,81,91)(H,82,94)(H,83,93)/t51-,52+,54-,55-,56-,57-,58+,62-,63-,64-,65-,66+/m0/s1.